The van der Waals surface area contributed by atoms with Gasteiger partial charge in [0.2, 0.25) is 6.29 Å². The van der Waals surface area contributed by atoms with Crippen LogP contribution in [0, 0.1) is 50.2 Å². The number of allylic oxidation sites excluding steroid dienone is 2. The summed E-state index contributed by atoms with van der Waals surface area (Å²) in [4.78, 5) is 67.8. The molecule has 34 heteroatoms. The van der Waals surface area contributed by atoms with Crippen molar-refractivity contribution >= 4 is 29.8 Å². The van der Waals surface area contributed by atoms with Crippen LogP contribution in [0.5, 0.6) is 0 Å². The lowest BCUT2D eigenvalue weighted by Gasteiger charge is -2.72. The lowest BCUT2D eigenvalue weighted by molar-refractivity contribution is -0.380. The highest BCUT2D eigenvalue weighted by molar-refractivity contribution is 5.80. The minimum atomic E-state index is -2.13. The number of carbonyl (C=O) groups excluding carboxylic acids is 5. The van der Waals surface area contributed by atoms with Crippen molar-refractivity contribution in [1.82, 2.24) is 0 Å². The highest BCUT2D eigenvalue weighted by Crippen LogP contribution is 2.76. The SMILES string of the molecule is CC(O)CC(=O)OC(C)CC(=O)OC(C)CC(=O)OC(C)CC(=O)OC1C(C)OC(OC(=O)C23CCC(C)(C)CC2C2=CCC4C5(C)CC(O)C(OC6OC(C)C(O)C(O)C6O)C(C)(CO)C5CCC4(C)C2(C)CC3O)C(OC2OC(C)C(OC3OCC(O)C(OC4OC(C)C(O)C(O)C4O)C3O)C(O)C2O)C1O. The summed E-state index contributed by atoms with van der Waals surface area (Å²) in [5.41, 5.74) is -4.45. The molecule has 10 aliphatic rings. The number of ether oxygens (including phenoxy) is 14. The first-order chi connectivity index (χ1) is 50.8. The maximum absolute atomic E-state index is 16.0. The maximum atomic E-state index is 16.0. The van der Waals surface area contributed by atoms with E-state index in [1.54, 1.807) is 0 Å². The van der Waals surface area contributed by atoms with E-state index in [0.717, 1.165) is 5.57 Å². The summed E-state index contributed by atoms with van der Waals surface area (Å²) < 4.78 is 82.5. The third kappa shape index (κ3) is 17.1. The number of aliphatic hydroxyl groups is 15. The summed E-state index contributed by atoms with van der Waals surface area (Å²) in [6.45, 7) is 22.8. The molecule has 10 rings (SSSR count). The molecule has 5 heterocycles. The summed E-state index contributed by atoms with van der Waals surface area (Å²) in [5.74, 6) is -5.57. The summed E-state index contributed by atoms with van der Waals surface area (Å²) in [7, 11) is 0. The number of hydrogen-bond donors (Lipinski definition) is 15. The number of carbonyl (C=O) groups is 5. The van der Waals surface area contributed by atoms with Crippen LogP contribution in [0.1, 0.15) is 174 Å². The zero-order chi connectivity index (χ0) is 80.6. The van der Waals surface area contributed by atoms with E-state index in [4.69, 9.17) is 66.3 Å². The van der Waals surface area contributed by atoms with E-state index in [2.05, 4.69) is 40.7 Å². The Morgan fingerprint density at radius 3 is 1.54 bits per heavy atom. The van der Waals surface area contributed by atoms with Gasteiger partial charge in [-0.1, -0.05) is 53.2 Å². The van der Waals surface area contributed by atoms with Crippen LogP contribution >= 0.6 is 0 Å². The molecule has 9 fully saturated rings. The molecule has 624 valence electrons. The Hall–Kier alpha value is -3.87. The fourth-order valence-corrected chi connectivity index (χ4v) is 20.0. The van der Waals surface area contributed by atoms with E-state index in [-0.39, 0.29) is 43.9 Å². The van der Waals surface area contributed by atoms with Gasteiger partial charge in [-0.2, -0.15) is 0 Å². The number of esters is 5. The molecule has 5 aliphatic heterocycles. The molecule has 5 aliphatic carbocycles. The second-order valence-electron chi connectivity index (χ2n) is 34.7. The molecule has 0 radical (unpaired) electrons. The second-order valence-corrected chi connectivity index (χ2v) is 34.7. The van der Waals surface area contributed by atoms with Crippen LogP contribution in [0.2, 0.25) is 0 Å². The average molecular weight is 1570 g/mol. The molecule has 109 heavy (non-hydrogen) atoms. The van der Waals surface area contributed by atoms with E-state index in [1.165, 1.54) is 55.4 Å². The fraction of sp³-hybridized carbons (Fsp3) is 0.907. The Morgan fingerprint density at radius 2 is 0.982 bits per heavy atom. The number of fused-ring (bicyclic) bond motifs is 7. The van der Waals surface area contributed by atoms with Crippen molar-refractivity contribution in [2.75, 3.05) is 13.2 Å². The van der Waals surface area contributed by atoms with Crippen LogP contribution in [0.4, 0.5) is 0 Å². The van der Waals surface area contributed by atoms with Gasteiger partial charge in [-0.25, -0.2) is 0 Å². The number of aliphatic hydroxyl groups excluding tert-OH is 15. The quantitative estimate of drug-likeness (QED) is 0.0246. The molecule has 15 N–H and O–H groups in total. The molecule has 5 saturated heterocycles. The van der Waals surface area contributed by atoms with Crippen LogP contribution < -0.4 is 0 Å². The zero-order valence-electron chi connectivity index (χ0n) is 64.6. The number of hydrogen-bond acceptors (Lipinski definition) is 34. The third-order valence-corrected chi connectivity index (χ3v) is 26.2. The lowest BCUT2D eigenvalue weighted by atomic mass is 9.33. The largest absolute Gasteiger partial charge is 0.462 e. The van der Waals surface area contributed by atoms with Crippen molar-refractivity contribution in [3.05, 3.63) is 11.6 Å². The Kier molecular flexibility index (Phi) is 27.1. The normalized spacial score (nSPS) is 48.0. The molecule has 34 nitrogen and oxygen atoms in total. The Balaban J connectivity index is 0.882. The van der Waals surface area contributed by atoms with Crippen LogP contribution in [0.25, 0.3) is 0 Å². The second kappa shape index (κ2) is 33.8. The van der Waals surface area contributed by atoms with Gasteiger partial charge in [-0.05, 0) is 146 Å². The van der Waals surface area contributed by atoms with Gasteiger partial charge in [0, 0.05) is 5.41 Å². The monoisotopic (exact) mass is 1560 g/mol. The molecule has 0 aromatic carbocycles. The Bertz CT molecular complexity index is 3200. The predicted octanol–water partition coefficient (Wildman–Crippen LogP) is -1.26. The first-order valence-corrected chi connectivity index (χ1v) is 38.5. The molecule has 39 atom stereocenters. The predicted molar refractivity (Wildman–Crippen MR) is 369 cm³/mol. The van der Waals surface area contributed by atoms with Crippen molar-refractivity contribution in [3.63, 3.8) is 0 Å². The topological polar surface area (TPSA) is 518 Å². The van der Waals surface area contributed by atoms with Gasteiger partial charge in [0.15, 0.2) is 37.4 Å². The van der Waals surface area contributed by atoms with Gasteiger partial charge in [-0.15, -0.1) is 0 Å². The minimum absolute atomic E-state index is 0.0486. The standard InChI is InChI=1S/C75H120O34/c1-30(77)21-45(81)97-31(2)22-46(82)98-32(3)23-47(83)99-33(4)24-48(84)104-60-37(8)103-68(62(57(60)93)107-66-56(92)53(89)59(36(7)102-66)105-64-58(94)61(41(79)28-96-64)106-65-54(90)51(87)49(85)34(5)100-65)109-69(95)75-20-19-70(9,10)25-39(75)38-15-16-43-71(11)26-40(78)63(108-67-55(91)52(88)50(86)35(6)101-67)72(12,29-76)42(71)17-18-73(43,13)74(38,14)27-44(75)80/h15,30-37,39-44,49-68,76-80,85-94H,16-29H2,1-14H3. The Labute approximate surface area is 633 Å². The average Bonchev–Trinajstić information content (AvgIpc) is 0.479. The van der Waals surface area contributed by atoms with E-state index < -0.39 is 284 Å². The highest BCUT2D eigenvalue weighted by atomic mass is 16.8. The minimum Gasteiger partial charge on any atom is -0.462 e. The smallest absolute Gasteiger partial charge is 0.317 e. The Morgan fingerprint density at radius 1 is 0.486 bits per heavy atom. The number of rotatable bonds is 23. The van der Waals surface area contributed by atoms with Gasteiger partial charge in [-0.3, -0.25) is 24.0 Å². The van der Waals surface area contributed by atoms with Crippen LogP contribution in [-0.4, -0.2) is 310 Å². The van der Waals surface area contributed by atoms with Gasteiger partial charge in [0.1, 0.15) is 103 Å². The van der Waals surface area contributed by atoms with E-state index >= 15 is 4.79 Å². The molecule has 0 aromatic heterocycles. The summed E-state index contributed by atoms with van der Waals surface area (Å²) in [6.07, 6.45) is -44.4. The molecular formula is C75H120O34. The first-order valence-electron chi connectivity index (χ1n) is 38.5. The molecule has 0 aromatic rings. The van der Waals surface area contributed by atoms with Crippen molar-refractivity contribution in [2.45, 2.75) is 364 Å². The van der Waals surface area contributed by atoms with Crippen LogP contribution in [0.3, 0.4) is 0 Å². The van der Waals surface area contributed by atoms with Crippen molar-refractivity contribution in [3.8, 4) is 0 Å². The van der Waals surface area contributed by atoms with Crippen molar-refractivity contribution < 1.29 is 167 Å². The first kappa shape index (κ1) is 87.5. The fourth-order valence-electron chi connectivity index (χ4n) is 20.0. The van der Waals surface area contributed by atoms with E-state index in [9.17, 15) is 95.8 Å². The molecule has 39 unspecified atom stereocenters. The molecule has 0 amide bonds. The lowest BCUT2D eigenvalue weighted by Crippen LogP contribution is -2.70. The summed E-state index contributed by atoms with van der Waals surface area (Å²) >= 11 is 0. The molecule has 0 spiro atoms. The van der Waals surface area contributed by atoms with Gasteiger partial charge in [0.05, 0.1) is 87.7 Å². The summed E-state index contributed by atoms with van der Waals surface area (Å²) in [6, 6.07) is 0. The zero-order valence-corrected chi connectivity index (χ0v) is 64.6. The molecule has 0 bridgehead atoms. The third-order valence-electron chi connectivity index (χ3n) is 26.2. The van der Waals surface area contributed by atoms with Crippen molar-refractivity contribution in [2.24, 2.45) is 50.2 Å². The van der Waals surface area contributed by atoms with Crippen LogP contribution in [0.15, 0.2) is 11.6 Å². The van der Waals surface area contributed by atoms with E-state index in [1.807, 2.05) is 6.92 Å². The van der Waals surface area contributed by atoms with Crippen molar-refractivity contribution in [1.29, 1.82) is 0 Å². The van der Waals surface area contributed by atoms with Crippen LogP contribution in [-0.2, 0) is 90.3 Å². The van der Waals surface area contributed by atoms with Gasteiger partial charge >= 0.3 is 29.8 Å². The van der Waals surface area contributed by atoms with Gasteiger partial charge in [0.25, 0.3) is 0 Å². The summed E-state index contributed by atoms with van der Waals surface area (Å²) in [5, 5.41) is 169. The highest BCUT2D eigenvalue weighted by Gasteiger charge is 2.74. The molecule has 4 saturated carbocycles. The molecular weight excluding hydrogens is 1440 g/mol. The van der Waals surface area contributed by atoms with E-state index in [0.29, 0.717) is 32.1 Å². The van der Waals surface area contributed by atoms with Gasteiger partial charge < -0.3 is 143 Å². The maximum Gasteiger partial charge on any atom is 0.317 e.